The lowest BCUT2D eigenvalue weighted by atomic mass is 9.63. The molecule has 0 aromatic heterocycles. The molecule has 0 aromatic rings. The molecule has 0 amide bonds. The Labute approximate surface area is 66.7 Å². The third-order valence-corrected chi connectivity index (χ3v) is 2.91. The van der Waals surface area contributed by atoms with Crippen LogP contribution >= 0.6 is 0 Å². The van der Waals surface area contributed by atoms with Crippen LogP contribution in [0.15, 0.2) is 0 Å². The Morgan fingerprint density at radius 3 is 2.73 bits per heavy atom. The average molecular weight is 157 g/mol. The molecule has 1 aliphatic carbocycles. The van der Waals surface area contributed by atoms with Crippen LogP contribution in [-0.2, 0) is 4.74 Å². The van der Waals surface area contributed by atoms with Crippen molar-refractivity contribution in [3.8, 4) is 0 Å². The number of aliphatic hydroxyl groups is 1. The zero-order chi connectivity index (χ0) is 7.95. The van der Waals surface area contributed by atoms with Crippen LogP contribution in [-0.4, -0.2) is 37.5 Å². The zero-order valence-electron chi connectivity index (χ0n) is 6.89. The van der Waals surface area contributed by atoms with E-state index in [1.165, 1.54) is 0 Å². The number of hydrogen-bond donors (Lipinski definition) is 2. The second-order valence-electron chi connectivity index (χ2n) is 4.01. The third kappa shape index (κ3) is 0.916. The number of nitrogens with one attached hydrogen (secondary N) is 1. The highest BCUT2D eigenvalue weighted by molar-refractivity contribution is 5.11. The molecule has 1 saturated carbocycles. The quantitative estimate of drug-likeness (QED) is 0.593. The van der Waals surface area contributed by atoms with E-state index < -0.39 is 0 Å². The van der Waals surface area contributed by atoms with Gasteiger partial charge in [0.25, 0.3) is 0 Å². The van der Waals surface area contributed by atoms with Gasteiger partial charge in [0.05, 0.1) is 18.8 Å². The summed E-state index contributed by atoms with van der Waals surface area (Å²) in [5, 5.41) is 12.2. The summed E-state index contributed by atoms with van der Waals surface area (Å²) in [6.45, 7) is 1.97. The molecule has 3 fully saturated rings. The van der Waals surface area contributed by atoms with Gasteiger partial charge < -0.3 is 15.2 Å². The number of ether oxygens (including phenoxy) is 1. The molecule has 2 saturated heterocycles. The van der Waals surface area contributed by atoms with Crippen molar-refractivity contribution in [3.63, 3.8) is 0 Å². The van der Waals surface area contributed by atoms with Gasteiger partial charge in [0.15, 0.2) is 0 Å². The zero-order valence-corrected chi connectivity index (χ0v) is 6.89. The minimum absolute atomic E-state index is 0.0808. The van der Waals surface area contributed by atoms with Crippen molar-refractivity contribution in [1.29, 1.82) is 0 Å². The average Bonchev–Trinajstić information content (AvgIpc) is 2.43. The summed E-state index contributed by atoms with van der Waals surface area (Å²) in [4.78, 5) is 0. The van der Waals surface area contributed by atoms with Gasteiger partial charge in [-0.1, -0.05) is 0 Å². The minimum Gasteiger partial charge on any atom is -0.396 e. The van der Waals surface area contributed by atoms with Crippen LogP contribution in [0.5, 0.6) is 0 Å². The predicted octanol–water partition coefficient (Wildman–Crippen LogP) is -0.253. The maximum Gasteiger partial charge on any atom is 0.0820 e. The van der Waals surface area contributed by atoms with Crippen LogP contribution in [0.4, 0.5) is 0 Å². The van der Waals surface area contributed by atoms with E-state index in [0.29, 0.717) is 6.61 Å². The first kappa shape index (κ1) is 7.53. The van der Waals surface area contributed by atoms with Crippen LogP contribution in [0.3, 0.4) is 0 Å². The standard InChI is InChI=1S/C8H15NO2/c1-9-4-8-2-7(3-8,5-10)6-11-8/h9-10H,2-6H2,1H3. The van der Waals surface area contributed by atoms with Gasteiger partial charge in [0, 0.05) is 12.0 Å². The predicted molar refractivity (Wildman–Crippen MR) is 41.4 cm³/mol. The fraction of sp³-hybridized carbons (Fsp3) is 1.00. The highest BCUT2D eigenvalue weighted by Gasteiger charge is 2.61. The van der Waals surface area contributed by atoms with Crippen LogP contribution < -0.4 is 5.32 Å². The van der Waals surface area contributed by atoms with Gasteiger partial charge in [0.1, 0.15) is 0 Å². The van der Waals surface area contributed by atoms with Gasteiger partial charge in [-0.3, -0.25) is 0 Å². The van der Waals surface area contributed by atoms with E-state index in [1.54, 1.807) is 0 Å². The first-order valence-electron chi connectivity index (χ1n) is 4.14. The Morgan fingerprint density at radius 1 is 1.55 bits per heavy atom. The molecule has 0 spiro atoms. The largest absolute Gasteiger partial charge is 0.396 e. The SMILES string of the molecule is CNCC12CC(CO)(CO1)C2. The van der Waals surface area contributed by atoms with Crippen molar-refractivity contribution >= 4 is 0 Å². The lowest BCUT2D eigenvalue weighted by Gasteiger charge is -2.43. The maximum absolute atomic E-state index is 9.05. The molecule has 2 heterocycles. The summed E-state index contributed by atoms with van der Waals surface area (Å²) in [7, 11) is 1.94. The van der Waals surface area contributed by atoms with E-state index in [1.807, 2.05) is 7.05 Å². The fourth-order valence-corrected chi connectivity index (χ4v) is 2.48. The highest BCUT2D eigenvalue weighted by atomic mass is 16.5. The Balaban J connectivity index is 1.97. The van der Waals surface area contributed by atoms with Crippen LogP contribution in [0, 0.1) is 5.41 Å². The second-order valence-corrected chi connectivity index (χ2v) is 4.01. The summed E-state index contributed by atoms with van der Waals surface area (Å²) in [5.41, 5.74) is 0.217. The lowest BCUT2D eigenvalue weighted by molar-refractivity contribution is -0.0253. The normalized spacial score (nSPS) is 47.5. The molecule has 0 aromatic carbocycles. The number of fused-ring (bicyclic) bond motifs is 1. The molecule has 0 radical (unpaired) electrons. The molecular formula is C8H15NO2. The molecule has 2 bridgehead atoms. The minimum atomic E-state index is 0.0808. The second kappa shape index (κ2) is 2.19. The van der Waals surface area contributed by atoms with Gasteiger partial charge in [-0.25, -0.2) is 0 Å². The first-order valence-corrected chi connectivity index (χ1v) is 4.14. The monoisotopic (exact) mass is 157 g/mol. The first-order chi connectivity index (χ1) is 5.24. The van der Waals surface area contributed by atoms with E-state index in [9.17, 15) is 0 Å². The van der Waals surface area contributed by atoms with E-state index in [2.05, 4.69) is 5.32 Å². The Morgan fingerprint density at radius 2 is 2.27 bits per heavy atom. The summed E-state index contributed by atoms with van der Waals surface area (Å²) in [6.07, 6.45) is 2.08. The topological polar surface area (TPSA) is 41.5 Å². The van der Waals surface area contributed by atoms with E-state index in [-0.39, 0.29) is 11.0 Å². The molecule has 3 nitrogen and oxygen atoms in total. The van der Waals surface area contributed by atoms with Crippen molar-refractivity contribution in [2.45, 2.75) is 18.4 Å². The van der Waals surface area contributed by atoms with Gasteiger partial charge in [-0.05, 0) is 19.9 Å². The van der Waals surface area contributed by atoms with Crippen molar-refractivity contribution in [2.24, 2.45) is 5.41 Å². The molecular weight excluding hydrogens is 142 g/mol. The molecule has 11 heavy (non-hydrogen) atoms. The summed E-state index contributed by atoms with van der Waals surface area (Å²) in [6, 6.07) is 0. The van der Waals surface area contributed by atoms with Crippen molar-refractivity contribution in [3.05, 3.63) is 0 Å². The number of likely N-dealkylation sites (N-methyl/N-ethyl adjacent to an activating group) is 1. The van der Waals surface area contributed by atoms with Gasteiger partial charge in [-0.15, -0.1) is 0 Å². The van der Waals surface area contributed by atoms with Crippen molar-refractivity contribution < 1.29 is 9.84 Å². The van der Waals surface area contributed by atoms with Crippen LogP contribution in [0.1, 0.15) is 12.8 Å². The van der Waals surface area contributed by atoms with Gasteiger partial charge in [-0.2, -0.15) is 0 Å². The van der Waals surface area contributed by atoms with Crippen molar-refractivity contribution in [1.82, 2.24) is 5.32 Å². The smallest absolute Gasteiger partial charge is 0.0820 e. The fourth-order valence-electron chi connectivity index (χ4n) is 2.48. The number of aliphatic hydroxyl groups excluding tert-OH is 1. The summed E-state index contributed by atoms with van der Waals surface area (Å²) in [5.74, 6) is 0. The number of hydrogen-bond acceptors (Lipinski definition) is 3. The Kier molecular flexibility index (Phi) is 1.50. The van der Waals surface area contributed by atoms with Crippen molar-refractivity contribution in [2.75, 3.05) is 26.8 Å². The third-order valence-electron chi connectivity index (χ3n) is 2.91. The van der Waals surface area contributed by atoms with Crippen LogP contribution in [0.2, 0.25) is 0 Å². The molecule has 2 N–H and O–H groups in total. The number of rotatable bonds is 3. The molecule has 0 atom stereocenters. The summed E-state index contributed by atoms with van der Waals surface area (Å²) < 4.78 is 5.63. The molecule has 2 aliphatic heterocycles. The maximum atomic E-state index is 9.05. The van der Waals surface area contributed by atoms with Gasteiger partial charge >= 0.3 is 0 Å². The Bertz CT molecular complexity index is 163. The molecule has 3 aliphatic rings. The molecule has 64 valence electrons. The molecule has 3 heteroatoms. The Hall–Kier alpha value is -0.120. The van der Waals surface area contributed by atoms with Crippen LogP contribution in [0.25, 0.3) is 0 Å². The molecule has 3 rings (SSSR count). The van der Waals surface area contributed by atoms with E-state index >= 15 is 0 Å². The van der Waals surface area contributed by atoms with E-state index in [4.69, 9.17) is 9.84 Å². The van der Waals surface area contributed by atoms with E-state index in [0.717, 1.165) is 26.0 Å². The van der Waals surface area contributed by atoms with Gasteiger partial charge in [0.2, 0.25) is 0 Å². The summed E-state index contributed by atoms with van der Waals surface area (Å²) >= 11 is 0. The lowest BCUT2D eigenvalue weighted by Crippen LogP contribution is -2.51. The molecule has 0 unspecified atom stereocenters. The highest BCUT2D eigenvalue weighted by Crippen LogP contribution is 2.57.